The van der Waals surface area contributed by atoms with E-state index in [1.165, 1.54) is 33.4 Å². The molecule has 0 radical (unpaired) electrons. The van der Waals surface area contributed by atoms with Crippen LogP contribution in [0, 0.1) is 0 Å². The largest absolute Gasteiger partial charge is 0.448 e. The summed E-state index contributed by atoms with van der Waals surface area (Å²) in [4.78, 5) is 19.7. The van der Waals surface area contributed by atoms with Crippen LogP contribution in [0.2, 0.25) is 0 Å². The molecule has 0 N–H and O–H groups in total. The number of hydrogen-bond acceptors (Lipinski definition) is 3. The SMILES string of the molecule is O=C(OCC1c2ccccc2-c2ccccc21)N1C2C=C(c3ccc4ncccc4c3)CC1CC2. The third-order valence-electron chi connectivity index (χ3n) is 7.92. The molecule has 7 rings (SSSR count). The summed E-state index contributed by atoms with van der Waals surface area (Å²) in [6.45, 7) is 0.372. The fourth-order valence-electron chi connectivity index (χ4n) is 6.27. The summed E-state index contributed by atoms with van der Waals surface area (Å²) in [5, 5.41) is 1.15. The van der Waals surface area contributed by atoms with Gasteiger partial charge >= 0.3 is 6.09 Å². The molecule has 2 atom stereocenters. The van der Waals surface area contributed by atoms with E-state index >= 15 is 0 Å². The average molecular weight is 459 g/mol. The molecule has 1 fully saturated rings. The summed E-state index contributed by atoms with van der Waals surface area (Å²) >= 11 is 0. The number of hydrogen-bond donors (Lipinski definition) is 0. The monoisotopic (exact) mass is 458 g/mol. The molecule has 0 saturated carbocycles. The van der Waals surface area contributed by atoms with Gasteiger partial charge in [-0.15, -0.1) is 0 Å². The molecule has 1 amide bonds. The smallest absolute Gasteiger partial charge is 0.410 e. The molecule has 2 bridgehead atoms. The maximum Gasteiger partial charge on any atom is 0.410 e. The van der Waals surface area contributed by atoms with E-state index in [4.69, 9.17) is 4.74 Å². The highest BCUT2D eigenvalue weighted by atomic mass is 16.6. The number of carbonyl (C=O) groups is 1. The zero-order valence-electron chi connectivity index (χ0n) is 19.4. The predicted molar refractivity (Wildman–Crippen MR) is 138 cm³/mol. The van der Waals surface area contributed by atoms with Crippen LogP contribution in [0.15, 0.2) is 91.1 Å². The van der Waals surface area contributed by atoms with Gasteiger partial charge in [0.1, 0.15) is 6.61 Å². The summed E-state index contributed by atoms with van der Waals surface area (Å²) in [6, 6.07) is 27.8. The van der Waals surface area contributed by atoms with Crippen molar-refractivity contribution in [3.63, 3.8) is 0 Å². The molecule has 0 spiro atoms. The van der Waals surface area contributed by atoms with Gasteiger partial charge in [-0.25, -0.2) is 4.79 Å². The highest BCUT2D eigenvalue weighted by molar-refractivity contribution is 5.84. The minimum atomic E-state index is -0.183. The Bertz CT molecular complexity index is 1440. The van der Waals surface area contributed by atoms with Gasteiger partial charge in [-0.3, -0.25) is 9.88 Å². The van der Waals surface area contributed by atoms with E-state index in [0.717, 1.165) is 30.2 Å². The molecule has 2 aliphatic heterocycles. The molecular formula is C31H26N2O2. The van der Waals surface area contributed by atoms with Gasteiger partial charge in [-0.1, -0.05) is 66.7 Å². The molecule has 3 heterocycles. The van der Waals surface area contributed by atoms with Crippen molar-refractivity contribution in [2.45, 2.75) is 37.3 Å². The Morgan fingerprint density at radius 2 is 1.69 bits per heavy atom. The van der Waals surface area contributed by atoms with Crippen molar-refractivity contribution in [2.75, 3.05) is 6.61 Å². The summed E-state index contributed by atoms with van der Waals surface area (Å²) < 4.78 is 6.01. The molecular weight excluding hydrogens is 432 g/mol. The van der Waals surface area contributed by atoms with Crippen LogP contribution in [-0.2, 0) is 4.74 Å². The van der Waals surface area contributed by atoms with Gasteiger partial charge in [0.2, 0.25) is 0 Å². The van der Waals surface area contributed by atoms with Crippen LogP contribution in [0.3, 0.4) is 0 Å². The Morgan fingerprint density at radius 1 is 0.914 bits per heavy atom. The van der Waals surface area contributed by atoms with E-state index < -0.39 is 0 Å². The average Bonchev–Trinajstić information content (AvgIpc) is 3.37. The van der Waals surface area contributed by atoms with Gasteiger partial charge in [-0.2, -0.15) is 0 Å². The summed E-state index contributed by atoms with van der Waals surface area (Å²) in [6.07, 6.45) is 6.80. The number of ether oxygens (including phenoxy) is 1. The normalized spacial score (nSPS) is 20.5. The molecule has 1 aromatic heterocycles. The third kappa shape index (κ3) is 3.35. The number of benzene rings is 3. The number of fused-ring (bicyclic) bond motifs is 6. The first kappa shape index (κ1) is 20.5. The van der Waals surface area contributed by atoms with Gasteiger partial charge in [0.25, 0.3) is 0 Å². The maximum atomic E-state index is 13.3. The van der Waals surface area contributed by atoms with Gasteiger partial charge in [0.15, 0.2) is 0 Å². The van der Waals surface area contributed by atoms with Crippen LogP contribution in [0.1, 0.15) is 41.9 Å². The van der Waals surface area contributed by atoms with Crippen molar-refractivity contribution >= 4 is 22.6 Å². The fourth-order valence-corrected chi connectivity index (χ4v) is 6.27. The summed E-state index contributed by atoms with van der Waals surface area (Å²) in [5.74, 6) is 0.0890. The Morgan fingerprint density at radius 3 is 2.46 bits per heavy atom. The first-order chi connectivity index (χ1) is 17.3. The Labute approximate surface area is 204 Å². The van der Waals surface area contributed by atoms with Crippen molar-refractivity contribution in [3.05, 3.63) is 108 Å². The highest BCUT2D eigenvalue weighted by Gasteiger charge is 2.41. The number of carbonyl (C=O) groups excluding carboxylic acids is 1. The zero-order valence-corrected chi connectivity index (χ0v) is 19.4. The molecule has 4 heteroatoms. The molecule has 3 aromatic carbocycles. The zero-order chi connectivity index (χ0) is 23.4. The van der Waals surface area contributed by atoms with Crippen LogP contribution in [0.4, 0.5) is 4.79 Å². The second-order valence-corrected chi connectivity index (χ2v) is 9.82. The lowest BCUT2D eigenvalue weighted by Crippen LogP contribution is -2.43. The van der Waals surface area contributed by atoms with Crippen LogP contribution in [-0.4, -0.2) is 34.7 Å². The van der Waals surface area contributed by atoms with Crippen LogP contribution < -0.4 is 0 Å². The maximum absolute atomic E-state index is 13.3. The highest BCUT2D eigenvalue weighted by Crippen LogP contribution is 2.45. The van der Waals surface area contributed by atoms with Gasteiger partial charge in [0, 0.05) is 23.5 Å². The van der Waals surface area contributed by atoms with Crippen LogP contribution >= 0.6 is 0 Å². The molecule has 4 nitrogen and oxygen atoms in total. The van der Waals surface area contributed by atoms with Crippen molar-refractivity contribution in [1.29, 1.82) is 0 Å². The number of nitrogens with zero attached hydrogens (tertiary/aromatic N) is 2. The standard InChI is InChI=1S/C31H26N2O2/c34-31(35-19-29-27-9-3-1-7-25(27)26-8-2-4-10-28(26)29)33-23-12-13-24(33)18-22(17-23)20-11-14-30-21(16-20)6-5-15-32-30/h1-11,14-17,23-24,29H,12-13,18-19H2. The summed E-state index contributed by atoms with van der Waals surface area (Å²) in [7, 11) is 0. The van der Waals surface area contributed by atoms with Crippen LogP contribution in [0.5, 0.6) is 0 Å². The van der Waals surface area contributed by atoms with E-state index in [2.05, 4.69) is 83.9 Å². The number of aromatic nitrogens is 1. The molecule has 1 saturated heterocycles. The lowest BCUT2D eigenvalue weighted by atomic mass is 9.94. The second-order valence-electron chi connectivity index (χ2n) is 9.82. The predicted octanol–water partition coefficient (Wildman–Crippen LogP) is 6.80. The van der Waals surface area contributed by atoms with Gasteiger partial charge in [-0.05, 0) is 70.9 Å². The lowest BCUT2D eigenvalue weighted by Gasteiger charge is -2.33. The fraction of sp³-hybridized carbons (Fsp3) is 0.226. The molecule has 1 aliphatic carbocycles. The Hall–Kier alpha value is -3.92. The van der Waals surface area contributed by atoms with Crippen molar-refractivity contribution in [2.24, 2.45) is 0 Å². The molecule has 3 aliphatic rings. The van der Waals surface area contributed by atoms with Crippen molar-refractivity contribution < 1.29 is 9.53 Å². The van der Waals surface area contributed by atoms with Gasteiger partial charge in [0.05, 0.1) is 11.6 Å². The van der Waals surface area contributed by atoms with Gasteiger partial charge < -0.3 is 4.74 Å². The quantitative estimate of drug-likeness (QED) is 0.339. The number of amides is 1. The Balaban J connectivity index is 1.11. The third-order valence-corrected chi connectivity index (χ3v) is 7.92. The topological polar surface area (TPSA) is 42.4 Å². The Kier molecular flexibility index (Phi) is 4.73. The second kappa shape index (κ2) is 8.09. The number of pyridine rings is 1. The van der Waals surface area contributed by atoms with E-state index in [9.17, 15) is 4.79 Å². The minimum absolute atomic E-state index is 0.0890. The summed E-state index contributed by atoms with van der Waals surface area (Å²) in [5.41, 5.74) is 8.56. The lowest BCUT2D eigenvalue weighted by molar-refractivity contribution is 0.0866. The van der Waals surface area contributed by atoms with Crippen molar-refractivity contribution in [1.82, 2.24) is 9.88 Å². The van der Waals surface area contributed by atoms with Crippen molar-refractivity contribution in [3.8, 4) is 11.1 Å². The molecule has 4 aromatic rings. The molecule has 172 valence electrons. The van der Waals surface area contributed by atoms with E-state index in [0.29, 0.717) is 6.61 Å². The van der Waals surface area contributed by atoms with Crippen LogP contribution in [0.25, 0.3) is 27.6 Å². The first-order valence-corrected chi connectivity index (χ1v) is 12.5. The molecule has 35 heavy (non-hydrogen) atoms. The van der Waals surface area contributed by atoms with E-state index in [1.807, 2.05) is 17.2 Å². The number of rotatable bonds is 3. The van der Waals surface area contributed by atoms with E-state index in [-0.39, 0.29) is 24.1 Å². The minimum Gasteiger partial charge on any atom is -0.448 e. The molecule has 2 unspecified atom stereocenters. The van der Waals surface area contributed by atoms with E-state index in [1.54, 1.807) is 0 Å². The first-order valence-electron chi connectivity index (χ1n) is 12.5.